The van der Waals surface area contributed by atoms with Gasteiger partial charge in [0.2, 0.25) is 0 Å². The minimum absolute atomic E-state index is 0.0125. The summed E-state index contributed by atoms with van der Waals surface area (Å²) >= 11 is 0. The molecule has 29 heavy (non-hydrogen) atoms. The van der Waals surface area contributed by atoms with Gasteiger partial charge in [0, 0.05) is 24.3 Å². The highest BCUT2D eigenvalue weighted by molar-refractivity contribution is 5.92. The van der Waals surface area contributed by atoms with Crippen LogP contribution in [0.5, 0.6) is 5.75 Å². The van der Waals surface area contributed by atoms with Gasteiger partial charge in [-0.25, -0.2) is 22.0 Å². The smallest absolute Gasteiger partial charge is 0.272 e. The molecule has 0 fully saturated rings. The van der Waals surface area contributed by atoms with E-state index in [-0.39, 0.29) is 23.6 Å². The molecule has 156 valence electrons. The Morgan fingerprint density at radius 3 is 2.24 bits per heavy atom. The number of alkyl halides is 3. The predicted molar refractivity (Wildman–Crippen MR) is 104 cm³/mol. The average molecular weight is 411 g/mol. The van der Waals surface area contributed by atoms with E-state index in [1.807, 2.05) is 13.8 Å². The summed E-state index contributed by atoms with van der Waals surface area (Å²) in [4.78, 5) is 0. The maximum absolute atomic E-state index is 14.6. The molecule has 0 spiro atoms. The molecule has 0 saturated carbocycles. The molecule has 0 aromatic heterocycles. The third kappa shape index (κ3) is 5.37. The van der Waals surface area contributed by atoms with Crippen molar-refractivity contribution in [3.63, 3.8) is 0 Å². The van der Waals surface area contributed by atoms with E-state index < -0.39 is 36.4 Å². The van der Waals surface area contributed by atoms with Gasteiger partial charge in [-0.3, -0.25) is 0 Å². The van der Waals surface area contributed by atoms with Crippen LogP contribution in [-0.2, 0) is 0 Å². The fourth-order valence-electron chi connectivity index (χ4n) is 2.86. The molecule has 0 amide bonds. The second-order valence-electron chi connectivity index (χ2n) is 6.01. The SMILES string of the molecule is C=C1NC(c2c(F)cc(OCC(F)F)cc2F)=C(c2ccccc2)CC1F.CC. The Bertz CT molecular complexity index is 857. The van der Waals surface area contributed by atoms with E-state index in [1.165, 1.54) is 0 Å². The molecule has 2 aromatic carbocycles. The van der Waals surface area contributed by atoms with Crippen LogP contribution in [0.3, 0.4) is 0 Å². The number of halogens is 5. The van der Waals surface area contributed by atoms with Gasteiger partial charge in [-0.05, 0) is 11.1 Å². The zero-order valence-corrected chi connectivity index (χ0v) is 16.1. The van der Waals surface area contributed by atoms with E-state index in [2.05, 4.69) is 16.6 Å². The van der Waals surface area contributed by atoms with Gasteiger partial charge in [-0.2, -0.15) is 0 Å². The maximum atomic E-state index is 14.6. The van der Waals surface area contributed by atoms with Crippen molar-refractivity contribution in [3.05, 3.63) is 77.5 Å². The number of nitrogens with one attached hydrogen (secondary N) is 1. The summed E-state index contributed by atoms with van der Waals surface area (Å²) in [7, 11) is 0. The maximum Gasteiger partial charge on any atom is 0.272 e. The quantitative estimate of drug-likeness (QED) is 0.579. The molecule has 0 saturated heterocycles. The highest BCUT2D eigenvalue weighted by atomic mass is 19.3. The number of ether oxygens (including phenoxy) is 1. The topological polar surface area (TPSA) is 21.3 Å². The molecule has 3 rings (SSSR count). The number of allylic oxidation sites excluding steroid dienone is 2. The molecular weight excluding hydrogens is 389 g/mol. The van der Waals surface area contributed by atoms with Crippen molar-refractivity contribution >= 4 is 11.3 Å². The Hall–Kier alpha value is -2.83. The first-order chi connectivity index (χ1) is 13.9. The first-order valence-corrected chi connectivity index (χ1v) is 9.15. The van der Waals surface area contributed by atoms with Gasteiger partial charge in [0.05, 0.1) is 11.3 Å². The molecule has 7 heteroatoms. The van der Waals surface area contributed by atoms with Crippen LogP contribution in [0.1, 0.15) is 31.4 Å². The zero-order chi connectivity index (χ0) is 21.6. The molecule has 1 N–H and O–H groups in total. The van der Waals surface area contributed by atoms with E-state index >= 15 is 0 Å². The van der Waals surface area contributed by atoms with E-state index in [9.17, 15) is 22.0 Å². The minimum Gasteiger partial charge on any atom is -0.487 e. The summed E-state index contributed by atoms with van der Waals surface area (Å²) in [6.45, 7) is 6.57. The number of hydrogen-bond donors (Lipinski definition) is 1. The summed E-state index contributed by atoms with van der Waals surface area (Å²) in [5.74, 6) is -2.38. The van der Waals surface area contributed by atoms with Crippen LogP contribution in [0, 0.1) is 11.6 Å². The molecule has 0 bridgehead atoms. The van der Waals surface area contributed by atoms with Gasteiger partial charge in [0.1, 0.15) is 30.2 Å². The van der Waals surface area contributed by atoms with Gasteiger partial charge < -0.3 is 10.1 Å². The van der Waals surface area contributed by atoms with Crippen molar-refractivity contribution < 1.29 is 26.7 Å². The van der Waals surface area contributed by atoms with Crippen LogP contribution in [-0.4, -0.2) is 19.2 Å². The van der Waals surface area contributed by atoms with Crippen molar-refractivity contribution in [2.45, 2.75) is 32.9 Å². The fraction of sp³-hybridized carbons (Fsp3) is 0.273. The van der Waals surface area contributed by atoms with E-state index in [0.717, 1.165) is 12.1 Å². The molecule has 1 aliphatic rings. The lowest BCUT2D eigenvalue weighted by Crippen LogP contribution is -2.27. The second-order valence-corrected chi connectivity index (χ2v) is 6.01. The molecule has 2 nitrogen and oxygen atoms in total. The molecule has 2 aromatic rings. The van der Waals surface area contributed by atoms with E-state index in [4.69, 9.17) is 0 Å². The Kier molecular flexibility index (Phi) is 7.82. The van der Waals surface area contributed by atoms with Gasteiger partial charge in [-0.1, -0.05) is 50.8 Å². The predicted octanol–water partition coefficient (Wildman–Crippen LogP) is 6.35. The van der Waals surface area contributed by atoms with Crippen molar-refractivity contribution in [1.82, 2.24) is 5.32 Å². The molecule has 1 unspecified atom stereocenters. The summed E-state index contributed by atoms with van der Waals surface area (Å²) in [5, 5.41) is 2.65. The molecule has 1 aliphatic heterocycles. The lowest BCUT2D eigenvalue weighted by atomic mass is 9.90. The highest BCUT2D eigenvalue weighted by Crippen LogP contribution is 2.37. The summed E-state index contributed by atoms with van der Waals surface area (Å²) < 4.78 is 72.6. The van der Waals surface area contributed by atoms with Crippen molar-refractivity contribution in [1.29, 1.82) is 0 Å². The average Bonchev–Trinajstić information content (AvgIpc) is 2.70. The van der Waals surface area contributed by atoms with Crippen molar-refractivity contribution in [2.24, 2.45) is 0 Å². The van der Waals surface area contributed by atoms with E-state index in [1.54, 1.807) is 30.3 Å². The monoisotopic (exact) mass is 411 g/mol. The lowest BCUT2D eigenvalue weighted by Gasteiger charge is -2.27. The largest absolute Gasteiger partial charge is 0.487 e. The summed E-state index contributed by atoms with van der Waals surface area (Å²) in [5.41, 5.74) is 0.602. The second kappa shape index (κ2) is 10.1. The van der Waals surface area contributed by atoms with Gasteiger partial charge in [-0.15, -0.1) is 0 Å². The number of benzene rings is 2. The molecule has 0 aliphatic carbocycles. The van der Waals surface area contributed by atoms with Crippen molar-refractivity contribution in [3.8, 4) is 5.75 Å². The standard InChI is InChI=1S/C20H16F5NO.C2H6/c1-11-15(21)9-14(12-5-3-2-4-6-12)20(26-11)19-16(22)7-13(8-17(19)23)27-10-18(24)25;1-2/h2-8,15,18,26H,1,9-10H2;1-2H3. The van der Waals surface area contributed by atoms with Crippen LogP contribution in [0.15, 0.2) is 54.7 Å². The Balaban J connectivity index is 0.00000145. The number of rotatable bonds is 5. The normalized spacial score (nSPS) is 16.3. The zero-order valence-electron chi connectivity index (χ0n) is 16.1. The van der Waals surface area contributed by atoms with Crippen LogP contribution >= 0.6 is 0 Å². The van der Waals surface area contributed by atoms with Crippen LogP contribution in [0.4, 0.5) is 22.0 Å². The molecular formula is C22H22F5NO. The highest BCUT2D eigenvalue weighted by Gasteiger charge is 2.29. The summed E-state index contributed by atoms with van der Waals surface area (Å²) in [6.07, 6.45) is -4.29. The van der Waals surface area contributed by atoms with Gasteiger partial charge >= 0.3 is 0 Å². The van der Waals surface area contributed by atoms with Crippen LogP contribution < -0.4 is 10.1 Å². The Morgan fingerprint density at radius 2 is 1.69 bits per heavy atom. The molecule has 1 heterocycles. The van der Waals surface area contributed by atoms with Gasteiger partial charge in [0.25, 0.3) is 6.43 Å². The van der Waals surface area contributed by atoms with Crippen molar-refractivity contribution in [2.75, 3.05) is 6.61 Å². The lowest BCUT2D eigenvalue weighted by molar-refractivity contribution is 0.0815. The molecule has 1 atom stereocenters. The summed E-state index contributed by atoms with van der Waals surface area (Å²) in [6, 6.07) is 10.3. The minimum atomic E-state index is -2.77. The third-order valence-corrected chi connectivity index (χ3v) is 4.11. The van der Waals surface area contributed by atoms with Crippen LogP contribution in [0.2, 0.25) is 0 Å². The first kappa shape index (κ1) is 22.5. The molecule has 0 radical (unpaired) electrons. The first-order valence-electron chi connectivity index (χ1n) is 9.15. The fourth-order valence-corrected chi connectivity index (χ4v) is 2.86. The Morgan fingerprint density at radius 1 is 1.10 bits per heavy atom. The number of hydrogen-bond acceptors (Lipinski definition) is 2. The van der Waals surface area contributed by atoms with Crippen LogP contribution in [0.25, 0.3) is 11.3 Å². The third-order valence-electron chi connectivity index (χ3n) is 4.11. The Labute approximate surface area is 166 Å². The van der Waals surface area contributed by atoms with Gasteiger partial charge in [0.15, 0.2) is 0 Å². The van der Waals surface area contributed by atoms with E-state index in [0.29, 0.717) is 11.1 Å².